The van der Waals surface area contributed by atoms with Crippen molar-refractivity contribution in [2.45, 2.75) is 56.0 Å². The van der Waals surface area contributed by atoms with Gasteiger partial charge in [-0.3, -0.25) is 9.69 Å². The monoisotopic (exact) mass is 459 g/mol. The van der Waals surface area contributed by atoms with Gasteiger partial charge in [-0.1, -0.05) is 0 Å². The third-order valence-corrected chi connectivity index (χ3v) is 8.27. The van der Waals surface area contributed by atoms with Gasteiger partial charge in [-0.2, -0.15) is 4.31 Å². The number of hydrogen-bond donors (Lipinski definition) is 1. The zero-order valence-electron chi connectivity index (χ0n) is 17.5. The smallest absolute Gasteiger partial charge is 0.410 e. The largest absolute Gasteiger partial charge is 0.444 e. The first-order chi connectivity index (χ1) is 14.1. The van der Waals surface area contributed by atoms with Gasteiger partial charge in [-0.05, 0) is 45.7 Å². The summed E-state index contributed by atoms with van der Waals surface area (Å²) in [5.74, 6) is -0.260. The summed E-state index contributed by atoms with van der Waals surface area (Å²) in [6.07, 6.45) is 0.819. The van der Waals surface area contributed by atoms with Crippen molar-refractivity contribution >= 4 is 33.4 Å². The third kappa shape index (κ3) is 5.51. The van der Waals surface area contributed by atoms with E-state index < -0.39 is 27.8 Å². The summed E-state index contributed by atoms with van der Waals surface area (Å²) in [7, 11) is -3.54. The van der Waals surface area contributed by atoms with Crippen LogP contribution in [0.1, 0.15) is 38.5 Å². The molecule has 3 rings (SSSR count). The molecule has 3 heterocycles. The predicted molar refractivity (Wildman–Crippen MR) is 112 cm³/mol. The molecule has 1 atom stereocenters. The zero-order chi connectivity index (χ0) is 21.9. The van der Waals surface area contributed by atoms with Crippen LogP contribution in [0.4, 0.5) is 4.79 Å². The molecular formula is C19H29N3O6S2. The number of thiophene rings is 1. The van der Waals surface area contributed by atoms with Gasteiger partial charge in [0, 0.05) is 24.5 Å². The highest BCUT2D eigenvalue weighted by Crippen LogP contribution is 2.26. The summed E-state index contributed by atoms with van der Waals surface area (Å²) in [5.41, 5.74) is -0.625. The number of nitrogens with one attached hydrogen (secondary N) is 1. The van der Waals surface area contributed by atoms with E-state index in [-0.39, 0.29) is 16.7 Å². The van der Waals surface area contributed by atoms with Crippen LogP contribution in [0.2, 0.25) is 0 Å². The molecule has 0 unspecified atom stereocenters. The number of sulfonamides is 1. The zero-order valence-corrected chi connectivity index (χ0v) is 19.2. The Hall–Kier alpha value is -1.69. The van der Waals surface area contributed by atoms with Crippen molar-refractivity contribution in [3.63, 3.8) is 0 Å². The number of morpholine rings is 1. The van der Waals surface area contributed by atoms with Gasteiger partial charge < -0.3 is 14.8 Å². The summed E-state index contributed by atoms with van der Waals surface area (Å²) in [5, 5.41) is 2.83. The normalized spacial score (nSPS) is 20.9. The Morgan fingerprint density at radius 2 is 1.93 bits per heavy atom. The number of nitrogens with zero attached hydrogens (tertiary/aromatic N) is 2. The van der Waals surface area contributed by atoms with Gasteiger partial charge in [0.2, 0.25) is 5.91 Å². The van der Waals surface area contributed by atoms with Crippen LogP contribution < -0.4 is 5.32 Å². The molecular weight excluding hydrogens is 430 g/mol. The molecule has 0 aromatic carbocycles. The second-order valence-corrected chi connectivity index (χ2v) is 11.6. The van der Waals surface area contributed by atoms with Gasteiger partial charge in [-0.25, -0.2) is 13.2 Å². The number of carbonyl (C=O) groups excluding carboxylic acids is 2. The fourth-order valence-corrected chi connectivity index (χ4v) is 6.23. The number of hydrogen-bond acceptors (Lipinski definition) is 7. The van der Waals surface area contributed by atoms with Gasteiger partial charge in [0.1, 0.15) is 15.9 Å². The van der Waals surface area contributed by atoms with Gasteiger partial charge in [0.25, 0.3) is 10.0 Å². The second-order valence-electron chi connectivity index (χ2n) is 8.29. The van der Waals surface area contributed by atoms with E-state index in [0.717, 1.165) is 22.6 Å². The lowest BCUT2D eigenvalue weighted by molar-refractivity contribution is -0.125. The molecule has 0 radical (unpaired) electrons. The highest BCUT2D eigenvalue weighted by molar-refractivity contribution is 7.91. The second kappa shape index (κ2) is 9.21. The lowest BCUT2D eigenvalue weighted by atomic mass is 10.2. The lowest BCUT2D eigenvalue weighted by Crippen LogP contribution is -2.47. The maximum absolute atomic E-state index is 12.7. The van der Waals surface area contributed by atoms with Crippen molar-refractivity contribution in [2.75, 3.05) is 32.8 Å². The SMILES string of the molecule is CC(C)(C)OC(=O)N1CCC[C@H]1C(=O)NCc1ccc(S(=O)(=O)N2CCOCC2)s1. The van der Waals surface area contributed by atoms with Crippen molar-refractivity contribution < 1.29 is 27.5 Å². The van der Waals surface area contributed by atoms with Crippen LogP contribution in [0.5, 0.6) is 0 Å². The number of likely N-dealkylation sites (tertiary alicyclic amines) is 1. The molecule has 9 nitrogen and oxygen atoms in total. The van der Waals surface area contributed by atoms with Crippen molar-refractivity contribution in [2.24, 2.45) is 0 Å². The van der Waals surface area contributed by atoms with Gasteiger partial charge in [0.05, 0.1) is 19.8 Å². The van der Waals surface area contributed by atoms with Crippen LogP contribution in [-0.2, 0) is 30.8 Å². The molecule has 1 aromatic rings. The minimum absolute atomic E-state index is 0.209. The fraction of sp³-hybridized carbons (Fsp3) is 0.684. The van der Waals surface area contributed by atoms with E-state index in [4.69, 9.17) is 9.47 Å². The predicted octanol–water partition coefficient (Wildman–Crippen LogP) is 1.78. The number of rotatable bonds is 5. The van der Waals surface area contributed by atoms with Crippen LogP contribution >= 0.6 is 11.3 Å². The Morgan fingerprint density at radius 1 is 1.23 bits per heavy atom. The number of ether oxygens (including phenoxy) is 2. The fourth-order valence-electron chi connectivity index (χ4n) is 3.38. The molecule has 2 saturated heterocycles. The molecule has 168 valence electrons. The molecule has 11 heteroatoms. The molecule has 0 aliphatic carbocycles. The van der Waals surface area contributed by atoms with Crippen LogP contribution in [0.15, 0.2) is 16.3 Å². The van der Waals surface area contributed by atoms with Crippen molar-refractivity contribution in [1.82, 2.24) is 14.5 Å². The minimum Gasteiger partial charge on any atom is -0.444 e. The molecule has 0 bridgehead atoms. The van der Waals surface area contributed by atoms with E-state index in [1.807, 2.05) is 0 Å². The molecule has 30 heavy (non-hydrogen) atoms. The van der Waals surface area contributed by atoms with Crippen molar-refractivity contribution in [1.29, 1.82) is 0 Å². The summed E-state index contributed by atoms with van der Waals surface area (Å²) < 4.78 is 37.7. The summed E-state index contributed by atoms with van der Waals surface area (Å²) in [4.78, 5) is 27.2. The average Bonchev–Trinajstić information content (AvgIpc) is 3.35. The Morgan fingerprint density at radius 3 is 2.60 bits per heavy atom. The summed E-state index contributed by atoms with van der Waals surface area (Å²) >= 11 is 1.14. The first kappa shape index (κ1) is 23.0. The Kier molecular flexibility index (Phi) is 7.05. The van der Waals surface area contributed by atoms with Gasteiger partial charge in [0.15, 0.2) is 0 Å². The van der Waals surface area contributed by atoms with Crippen molar-refractivity contribution in [3.05, 3.63) is 17.0 Å². The number of carbonyl (C=O) groups is 2. The Balaban J connectivity index is 1.58. The van der Waals surface area contributed by atoms with E-state index in [0.29, 0.717) is 39.3 Å². The quantitative estimate of drug-likeness (QED) is 0.720. The number of amides is 2. The van der Waals surface area contributed by atoms with Gasteiger partial charge >= 0.3 is 6.09 Å². The third-order valence-electron chi connectivity index (χ3n) is 4.82. The minimum atomic E-state index is -3.54. The first-order valence-electron chi connectivity index (χ1n) is 10.0. The summed E-state index contributed by atoms with van der Waals surface area (Å²) in [6, 6.07) is 2.70. The maximum Gasteiger partial charge on any atom is 0.410 e. The molecule has 2 fully saturated rings. The Labute approximate surface area is 181 Å². The molecule has 0 saturated carbocycles. The Bertz CT molecular complexity index is 871. The van der Waals surface area contributed by atoms with Crippen LogP contribution in [0.3, 0.4) is 0 Å². The highest BCUT2D eigenvalue weighted by atomic mass is 32.2. The molecule has 2 aliphatic heterocycles. The van der Waals surface area contributed by atoms with Crippen LogP contribution in [0, 0.1) is 0 Å². The van der Waals surface area contributed by atoms with E-state index in [1.165, 1.54) is 9.21 Å². The average molecular weight is 460 g/mol. The van der Waals surface area contributed by atoms with E-state index in [1.54, 1.807) is 32.9 Å². The van der Waals surface area contributed by atoms with Crippen LogP contribution in [-0.4, -0.2) is 74.1 Å². The topological polar surface area (TPSA) is 105 Å². The van der Waals surface area contributed by atoms with Crippen molar-refractivity contribution in [3.8, 4) is 0 Å². The molecule has 0 spiro atoms. The first-order valence-corrected chi connectivity index (χ1v) is 12.3. The lowest BCUT2D eigenvalue weighted by Gasteiger charge is -2.28. The standard InChI is InChI=1S/C19H29N3O6S2/c1-19(2,3)28-18(24)22-8-4-5-15(22)17(23)20-13-14-6-7-16(29-14)30(25,26)21-9-11-27-12-10-21/h6-7,15H,4-5,8-13H2,1-3H3,(H,20,23)/t15-/m0/s1. The van der Waals surface area contributed by atoms with E-state index >= 15 is 0 Å². The van der Waals surface area contributed by atoms with E-state index in [2.05, 4.69) is 5.32 Å². The maximum atomic E-state index is 12.7. The van der Waals surface area contributed by atoms with Crippen LogP contribution in [0.25, 0.3) is 0 Å². The summed E-state index contributed by atoms with van der Waals surface area (Å²) in [6.45, 7) is 7.52. The van der Waals surface area contributed by atoms with E-state index in [9.17, 15) is 18.0 Å². The molecule has 2 aliphatic rings. The molecule has 2 amide bonds. The molecule has 1 N–H and O–H groups in total. The highest BCUT2D eigenvalue weighted by Gasteiger charge is 2.36. The molecule has 1 aromatic heterocycles. The van der Waals surface area contributed by atoms with Gasteiger partial charge in [-0.15, -0.1) is 11.3 Å².